The number of ether oxygens (including phenoxy) is 2. The third-order valence-corrected chi connectivity index (χ3v) is 4.95. The van der Waals surface area contributed by atoms with E-state index in [1.165, 1.54) is 0 Å². The van der Waals surface area contributed by atoms with Gasteiger partial charge in [0.2, 0.25) is 0 Å². The Morgan fingerprint density at radius 1 is 1.38 bits per heavy atom. The van der Waals surface area contributed by atoms with Gasteiger partial charge >= 0.3 is 5.97 Å². The zero-order valence-electron chi connectivity index (χ0n) is 12.3. The molecule has 1 aromatic carbocycles. The molecule has 1 aromatic rings. The van der Waals surface area contributed by atoms with Gasteiger partial charge in [0.15, 0.2) is 6.07 Å². The van der Waals surface area contributed by atoms with Crippen molar-refractivity contribution in [3.63, 3.8) is 0 Å². The van der Waals surface area contributed by atoms with Gasteiger partial charge in [-0.2, -0.15) is 0 Å². The van der Waals surface area contributed by atoms with E-state index in [-0.39, 0.29) is 17.6 Å². The van der Waals surface area contributed by atoms with E-state index in [9.17, 15) is 4.79 Å². The Bertz CT molecular complexity index is 510. The number of hydrogen-bond acceptors (Lipinski definition) is 3. The van der Waals surface area contributed by atoms with Crippen molar-refractivity contribution in [2.45, 2.75) is 45.1 Å². The van der Waals surface area contributed by atoms with Crippen molar-refractivity contribution in [3.05, 3.63) is 27.3 Å². The molecule has 1 fully saturated rings. The number of halogens is 2. The first-order valence-corrected chi connectivity index (χ1v) is 8.81. The SMILES string of the molecule is CC(C)C1(OC(=O)c2cc(I)ccc2OCCl)CCCC1. The average molecular weight is 423 g/mol. The van der Waals surface area contributed by atoms with Crippen LogP contribution in [0.1, 0.15) is 49.9 Å². The Labute approximate surface area is 144 Å². The van der Waals surface area contributed by atoms with Gasteiger partial charge < -0.3 is 9.47 Å². The lowest BCUT2D eigenvalue weighted by molar-refractivity contribution is -0.0399. The van der Waals surface area contributed by atoms with Crippen LogP contribution in [0.25, 0.3) is 0 Å². The molecule has 0 bridgehead atoms. The minimum absolute atomic E-state index is 0.0101. The summed E-state index contributed by atoms with van der Waals surface area (Å²) in [4.78, 5) is 12.6. The second-order valence-corrected chi connectivity index (χ2v) is 7.17. The zero-order chi connectivity index (χ0) is 15.5. The second-order valence-electron chi connectivity index (χ2n) is 5.71. The molecule has 0 amide bonds. The van der Waals surface area contributed by atoms with E-state index in [2.05, 4.69) is 36.4 Å². The maximum Gasteiger partial charge on any atom is 0.342 e. The Morgan fingerprint density at radius 2 is 2.05 bits per heavy atom. The van der Waals surface area contributed by atoms with E-state index < -0.39 is 0 Å². The first-order chi connectivity index (χ1) is 9.98. The highest BCUT2D eigenvalue weighted by atomic mass is 127. The third-order valence-electron chi connectivity index (χ3n) is 4.17. The number of carbonyl (C=O) groups is 1. The molecule has 1 saturated carbocycles. The molecule has 0 spiro atoms. The summed E-state index contributed by atoms with van der Waals surface area (Å²) in [6, 6.07) is 5.44. The molecule has 2 rings (SSSR count). The standard InChI is InChI=1S/C16H20ClIO3/c1-11(2)16(7-3-4-8-16)21-15(19)13-9-12(18)5-6-14(13)20-10-17/h5-6,9,11H,3-4,7-8,10H2,1-2H3. The lowest BCUT2D eigenvalue weighted by Crippen LogP contribution is -2.37. The molecule has 0 saturated heterocycles. The van der Waals surface area contributed by atoms with E-state index in [0.717, 1.165) is 29.3 Å². The number of alkyl halides is 1. The normalized spacial score (nSPS) is 17.0. The molecule has 21 heavy (non-hydrogen) atoms. The summed E-state index contributed by atoms with van der Waals surface area (Å²) < 4.78 is 12.2. The van der Waals surface area contributed by atoms with Crippen molar-refractivity contribution in [1.29, 1.82) is 0 Å². The number of hydrogen-bond donors (Lipinski definition) is 0. The molecule has 0 atom stereocenters. The first-order valence-electron chi connectivity index (χ1n) is 7.20. The average Bonchev–Trinajstić information content (AvgIpc) is 2.91. The van der Waals surface area contributed by atoms with Crippen molar-refractivity contribution < 1.29 is 14.3 Å². The summed E-state index contributed by atoms with van der Waals surface area (Å²) in [7, 11) is 0. The largest absolute Gasteiger partial charge is 0.477 e. The first kappa shape index (κ1) is 16.9. The van der Waals surface area contributed by atoms with Crippen molar-refractivity contribution in [2.75, 3.05) is 6.07 Å². The van der Waals surface area contributed by atoms with Crippen LogP contribution in [-0.2, 0) is 4.74 Å². The predicted molar refractivity (Wildman–Crippen MR) is 92.0 cm³/mol. The van der Waals surface area contributed by atoms with Crippen molar-refractivity contribution in [1.82, 2.24) is 0 Å². The van der Waals surface area contributed by atoms with E-state index in [1.54, 1.807) is 12.1 Å². The van der Waals surface area contributed by atoms with Crippen LogP contribution in [0, 0.1) is 9.49 Å². The molecule has 0 aliphatic heterocycles. The molecule has 116 valence electrons. The fraction of sp³-hybridized carbons (Fsp3) is 0.562. The Balaban J connectivity index is 2.25. The van der Waals surface area contributed by atoms with E-state index in [0.29, 0.717) is 17.2 Å². The molecule has 1 aliphatic rings. The van der Waals surface area contributed by atoms with Gasteiger partial charge in [-0.15, -0.1) is 0 Å². The summed E-state index contributed by atoms with van der Waals surface area (Å²) in [5.74, 6) is 0.473. The molecule has 0 unspecified atom stereocenters. The fourth-order valence-electron chi connectivity index (χ4n) is 2.86. The molecule has 0 N–H and O–H groups in total. The van der Waals surface area contributed by atoms with Crippen LogP contribution in [0.4, 0.5) is 0 Å². The van der Waals surface area contributed by atoms with Gasteiger partial charge in [0.05, 0.1) is 0 Å². The smallest absolute Gasteiger partial charge is 0.342 e. The summed E-state index contributed by atoms with van der Waals surface area (Å²) >= 11 is 7.79. The van der Waals surface area contributed by atoms with Crippen LogP contribution in [0.2, 0.25) is 0 Å². The van der Waals surface area contributed by atoms with Gasteiger partial charge in [0, 0.05) is 3.57 Å². The molecule has 0 radical (unpaired) electrons. The fourth-order valence-corrected chi connectivity index (χ4v) is 3.47. The molecular formula is C16H20ClIO3. The molecule has 5 heteroatoms. The maximum absolute atomic E-state index is 12.6. The molecule has 3 nitrogen and oxygen atoms in total. The molecule has 0 heterocycles. The van der Waals surface area contributed by atoms with Crippen LogP contribution < -0.4 is 4.74 Å². The highest BCUT2D eigenvalue weighted by molar-refractivity contribution is 14.1. The Kier molecular flexibility index (Phi) is 5.77. The quantitative estimate of drug-likeness (QED) is 0.381. The lowest BCUT2D eigenvalue weighted by atomic mass is 9.88. The van der Waals surface area contributed by atoms with Gasteiger partial charge in [-0.3, -0.25) is 0 Å². The molecule has 0 aromatic heterocycles. The number of rotatable bonds is 5. The van der Waals surface area contributed by atoms with Crippen LogP contribution in [0.15, 0.2) is 18.2 Å². The van der Waals surface area contributed by atoms with Crippen molar-refractivity contribution >= 4 is 40.2 Å². The number of benzene rings is 1. The van der Waals surface area contributed by atoms with Gasteiger partial charge in [-0.05, 0) is 72.4 Å². The minimum Gasteiger partial charge on any atom is -0.477 e. The third kappa shape index (κ3) is 3.83. The van der Waals surface area contributed by atoms with Crippen LogP contribution in [0.3, 0.4) is 0 Å². The van der Waals surface area contributed by atoms with Gasteiger partial charge in [0.25, 0.3) is 0 Å². The summed E-state index contributed by atoms with van der Waals surface area (Å²) in [6.07, 6.45) is 4.10. The monoisotopic (exact) mass is 422 g/mol. The summed E-state index contributed by atoms with van der Waals surface area (Å²) in [6.45, 7) is 4.23. The van der Waals surface area contributed by atoms with E-state index in [4.69, 9.17) is 21.1 Å². The topological polar surface area (TPSA) is 35.5 Å². The zero-order valence-corrected chi connectivity index (χ0v) is 15.2. The Morgan fingerprint density at radius 3 is 2.62 bits per heavy atom. The molecule has 1 aliphatic carbocycles. The number of carbonyl (C=O) groups excluding carboxylic acids is 1. The van der Waals surface area contributed by atoms with Crippen LogP contribution in [-0.4, -0.2) is 17.6 Å². The van der Waals surface area contributed by atoms with E-state index in [1.807, 2.05) is 6.07 Å². The van der Waals surface area contributed by atoms with Crippen LogP contribution in [0.5, 0.6) is 5.75 Å². The predicted octanol–water partition coefficient (Wildman–Crippen LogP) is 4.99. The van der Waals surface area contributed by atoms with Gasteiger partial charge in [0.1, 0.15) is 16.9 Å². The summed E-state index contributed by atoms with van der Waals surface area (Å²) in [5.41, 5.74) is 0.117. The van der Waals surface area contributed by atoms with Crippen LogP contribution >= 0.6 is 34.2 Å². The Hall–Kier alpha value is -0.490. The maximum atomic E-state index is 12.6. The molecular weight excluding hydrogens is 403 g/mol. The van der Waals surface area contributed by atoms with E-state index >= 15 is 0 Å². The highest BCUT2D eigenvalue weighted by Gasteiger charge is 2.41. The number of esters is 1. The minimum atomic E-state index is -0.337. The lowest BCUT2D eigenvalue weighted by Gasteiger charge is -2.33. The second kappa shape index (κ2) is 7.18. The van der Waals surface area contributed by atoms with Crippen molar-refractivity contribution in [3.8, 4) is 5.75 Å². The van der Waals surface area contributed by atoms with Crippen molar-refractivity contribution in [2.24, 2.45) is 5.92 Å². The van der Waals surface area contributed by atoms with Gasteiger partial charge in [-0.1, -0.05) is 25.4 Å². The van der Waals surface area contributed by atoms with Gasteiger partial charge in [-0.25, -0.2) is 4.79 Å². The summed E-state index contributed by atoms with van der Waals surface area (Å²) in [5, 5.41) is 0. The highest BCUT2D eigenvalue weighted by Crippen LogP contribution is 2.40.